The maximum Gasteiger partial charge on any atom is 0.140 e. The number of rotatable bonds is 3. The summed E-state index contributed by atoms with van der Waals surface area (Å²) >= 11 is 3.19. The molecule has 0 atom stereocenters. The zero-order chi connectivity index (χ0) is 13.0. The van der Waals surface area contributed by atoms with Crippen molar-refractivity contribution in [2.75, 3.05) is 0 Å². The third kappa shape index (κ3) is 3.28. The molecule has 0 N–H and O–H groups in total. The van der Waals surface area contributed by atoms with Gasteiger partial charge in [-0.2, -0.15) is 5.26 Å². The van der Waals surface area contributed by atoms with Gasteiger partial charge in [0.05, 0.1) is 0 Å². The van der Waals surface area contributed by atoms with E-state index in [1.54, 1.807) is 24.4 Å². The van der Waals surface area contributed by atoms with Gasteiger partial charge >= 0.3 is 0 Å². The third-order valence-electron chi connectivity index (χ3n) is 2.18. The van der Waals surface area contributed by atoms with Gasteiger partial charge in [0.25, 0.3) is 0 Å². The van der Waals surface area contributed by atoms with Crippen molar-refractivity contribution in [1.29, 1.82) is 5.26 Å². The molecule has 0 radical (unpaired) electrons. The van der Waals surface area contributed by atoms with Crippen LogP contribution in [0.1, 0.15) is 11.3 Å². The fourth-order valence-corrected chi connectivity index (χ4v) is 1.85. The van der Waals surface area contributed by atoms with Crippen LogP contribution in [-0.4, -0.2) is 4.98 Å². The summed E-state index contributed by atoms with van der Waals surface area (Å²) in [5.41, 5.74) is 1.14. The summed E-state index contributed by atoms with van der Waals surface area (Å²) in [5, 5.41) is 8.71. The van der Waals surface area contributed by atoms with Crippen LogP contribution < -0.4 is 4.74 Å². The molecule has 3 nitrogen and oxygen atoms in total. The van der Waals surface area contributed by atoms with Crippen LogP contribution in [0.3, 0.4) is 0 Å². The van der Waals surface area contributed by atoms with E-state index in [1.165, 1.54) is 12.1 Å². The quantitative estimate of drug-likeness (QED) is 0.872. The number of ether oxygens (including phenoxy) is 1. The Morgan fingerprint density at radius 1 is 1.33 bits per heavy atom. The zero-order valence-electron chi connectivity index (χ0n) is 9.23. The van der Waals surface area contributed by atoms with E-state index in [0.717, 1.165) is 5.56 Å². The first-order chi connectivity index (χ1) is 8.67. The van der Waals surface area contributed by atoms with Gasteiger partial charge in [-0.1, -0.05) is 15.9 Å². The third-order valence-corrected chi connectivity index (χ3v) is 2.64. The smallest absolute Gasteiger partial charge is 0.140 e. The molecule has 0 unspecified atom stereocenters. The Labute approximate surface area is 112 Å². The summed E-state index contributed by atoms with van der Waals surface area (Å²) in [7, 11) is 0. The Kier molecular flexibility index (Phi) is 3.90. The first-order valence-corrected chi connectivity index (χ1v) is 5.90. The van der Waals surface area contributed by atoms with Crippen molar-refractivity contribution in [3.05, 3.63) is 58.1 Å². The molecule has 0 fully saturated rings. The van der Waals surface area contributed by atoms with Crippen molar-refractivity contribution in [2.45, 2.75) is 6.61 Å². The molecule has 0 aliphatic heterocycles. The number of hydrogen-bond acceptors (Lipinski definition) is 3. The van der Waals surface area contributed by atoms with Crippen molar-refractivity contribution in [3.8, 4) is 11.8 Å². The molecule has 5 heteroatoms. The zero-order valence-corrected chi connectivity index (χ0v) is 10.8. The predicted molar refractivity (Wildman–Crippen MR) is 67.4 cm³/mol. The van der Waals surface area contributed by atoms with Crippen LogP contribution in [0.4, 0.5) is 4.39 Å². The van der Waals surface area contributed by atoms with Gasteiger partial charge in [0.15, 0.2) is 0 Å². The highest BCUT2D eigenvalue weighted by Gasteiger charge is 2.02. The van der Waals surface area contributed by atoms with E-state index in [9.17, 15) is 4.39 Å². The van der Waals surface area contributed by atoms with Crippen molar-refractivity contribution < 1.29 is 9.13 Å². The molecule has 90 valence electrons. The molecule has 0 saturated heterocycles. The van der Waals surface area contributed by atoms with E-state index < -0.39 is 0 Å². The van der Waals surface area contributed by atoms with Crippen LogP contribution in [0.25, 0.3) is 0 Å². The number of pyridine rings is 1. The molecule has 0 saturated carbocycles. The van der Waals surface area contributed by atoms with E-state index in [-0.39, 0.29) is 12.4 Å². The van der Waals surface area contributed by atoms with Crippen molar-refractivity contribution in [2.24, 2.45) is 0 Å². The van der Waals surface area contributed by atoms with Gasteiger partial charge in [0.2, 0.25) is 0 Å². The molecule has 0 spiro atoms. The van der Waals surface area contributed by atoms with Crippen LogP contribution in [0.2, 0.25) is 0 Å². The molecular weight excluding hydrogens is 299 g/mol. The molecule has 1 aromatic heterocycles. The number of aromatic nitrogens is 1. The van der Waals surface area contributed by atoms with Crippen LogP contribution in [-0.2, 0) is 6.61 Å². The van der Waals surface area contributed by atoms with E-state index in [0.29, 0.717) is 15.9 Å². The summed E-state index contributed by atoms with van der Waals surface area (Å²) in [6, 6.07) is 9.66. The lowest BCUT2D eigenvalue weighted by molar-refractivity contribution is 0.304. The second kappa shape index (κ2) is 5.61. The lowest BCUT2D eigenvalue weighted by Gasteiger charge is -2.07. The minimum absolute atomic E-state index is 0.257. The number of nitriles is 1. The minimum atomic E-state index is -0.369. The normalized spacial score (nSPS) is 9.83. The van der Waals surface area contributed by atoms with Crippen molar-refractivity contribution in [3.63, 3.8) is 0 Å². The largest absolute Gasteiger partial charge is 0.489 e. The summed E-state index contributed by atoms with van der Waals surface area (Å²) < 4.78 is 19.2. The molecule has 0 aliphatic rings. The maximum atomic E-state index is 13.1. The first kappa shape index (κ1) is 12.5. The standard InChI is InChI=1S/C13H8BrFN2O/c14-10-4-11(15)6-13(5-10)18-8-9-1-2-17-12(3-9)7-16/h1-6H,8H2. The second-order valence-corrected chi connectivity index (χ2v) is 4.47. The highest BCUT2D eigenvalue weighted by atomic mass is 79.9. The number of benzene rings is 1. The van der Waals surface area contributed by atoms with Crippen LogP contribution in [0.5, 0.6) is 5.75 Å². The highest BCUT2D eigenvalue weighted by molar-refractivity contribution is 9.10. The molecule has 2 aromatic rings. The molecule has 0 amide bonds. The highest BCUT2D eigenvalue weighted by Crippen LogP contribution is 2.21. The summed E-state index contributed by atoms with van der Waals surface area (Å²) in [6.45, 7) is 0.257. The van der Waals surface area contributed by atoms with E-state index >= 15 is 0 Å². The predicted octanol–water partition coefficient (Wildman–Crippen LogP) is 3.43. The van der Waals surface area contributed by atoms with Crippen LogP contribution >= 0.6 is 15.9 Å². The average molecular weight is 307 g/mol. The SMILES string of the molecule is N#Cc1cc(COc2cc(F)cc(Br)c2)ccn1. The Balaban J connectivity index is 2.09. The first-order valence-electron chi connectivity index (χ1n) is 5.11. The van der Waals surface area contributed by atoms with Gasteiger partial charge in [-0.15, -0.1) is 0 Å². The van der Waals surface area contributed by atoms with Crippen LogP contribution in [0, 0.1) is 17.1 Å². The average Bonchev–Trinajstić information content (AvgIpc) is 2.35. The molecule has 1 heterocycles. The van der Waals surface area contributed by atoms with Crippen molar-refractivity contribution in [1.82, 2.24) is 4.98 Å². The second-order valence-electron chi connectivity index (χ2n) is 3.55. The summed E-state index contributed by atoms with van der Waals surface area (Å²) in [5.74, 6) is 0.0593. The van der Waals surface area contributed by atoms with Gasteiger partial charge in [-0.3, -0.25) is 0 Å². The van der Waals surface area contributed by atoms with E-state index in [1.807, 2.05) is 6.07 Å². The lowest BCUT2D eigenvalue weighted by Crippen LogP contribution is -1.97. The molecule has 1 aromatic carbocycles. The summed E-state index contributed by atoms with van der Waals surface area (Å²) in [6.07, 6.45) is 1.54. The van der Waals surface area contributed by atoms with E-state index in [4.69, 9.17) is 10.00 Å². The van der Waals surface area contributed by atoms with Gasteiger partial charge in [0, 0.05) is 16.7 Å². The monoisotopic (exact) mass is 306 g/mol. The van der Waals surface area contributed by atoms with Gasteiger partial charge in [0.1, 0.15) is 29.9 Å². The Morgan fingerprint density at radius 2 is 2.17 bits per heavy atom. The molecule has 18 heavy (non-hydrogen) atoms. The lowest BCUT2D eigenvalue weighted by atomic mass is 10.2. The number of halogens is 2. The van der Waals surface area contributed by atoms with Gasteiger partial charge in [-0.05, 0) is 29.8 Å². The summed E-state index contributed by atoms with van der Waals surface area (Å²) in [4.78, 5) is 3.86. The Morgan fingerprint density at radius 3 is 2.89 bits per heavy atom. The molecular formula is C13H8BrFN2O. The van der Waals surface area contributed by atoms with Crippen molar-refractivity contribution >= 4 is 15.9 Å². The molecule has 0 aliphatic carbocycles. The number of hydrogen-bond donors (Lipinski definition) is 0. The fraction of sp³-hybridized carbons (Fsp3) is 0.0769. The minimum Gasteiger partial charge on any atom is -0.489 e. The van der Waals surface area contributed by atoms with Gasteiger partial charge < -0.3 is 4.74 Å². The van der Waals surface area contributed by atoms with Crippen LogP contribution in [0.15, 0.2) is 41.0 Å². The Hall–Kier alpha value is -1.93. The van der Waals surface area contributed by atoms with Gasteiger partial charge in [-0.25, -0.2) is 9.37 Å². The van der Waals surface area contributed by atoms with E-state index in [2.05, 4.69) is 20.9 Å². The maximum absolute atomic E-state index is 13.1. The topological polar surface area (TPSA) is 45.9 Å². The number of nitrogens with zero attached hydrogens (tertiary/aromatic N) is 2. The molecule has 0 bridgehead atoms. The Bertz CT molecular complexity index is 590. The molecule has 2 rings (SSSR count). The fourth-order valence-electron chi connectivity index (χ4n) is 1.40.